The molecule has 7 nitrogen and oxygen atoms in total. The van der Waals surface area contributed by atoms with Crippen molar-refractivity contribution < 1.29 is 36.0 Å². The van der Waals surface area contributed by atoms with E-state index in [4.69, 9.17) is 11.6 Å². The zero-order valence-corrected chi connectivity index (χ0v) is 19.7. The number of fused-ring (bicyclic) bond motifs is 1. The Morgan fingerprint density at radius 2 is 1.64 bits per heavy atom. The van der Waals surface area contributed by atoms with Crippen molar-refractivity contribution in [3.05, 3.63) is 94.5 Å². The highest BCUT2D eigenvalue weighted by Gasteiger charge is 2.48. The number of halogens is 4. The van der Waals surface area contributed by atoms with Crippen LogP contribution in [0.1, 0.15) is 26.3 Å². The first-order chi connectivity index (χ1) is 16.9. The van der Waals surface area contributed by atoms with Crippen LogP contribution >= 0.6 is 11.6 Å². The Balaban J connectivity index is 1.73. The van der Waals surface area contributed by atoms with Gasteiger partial charge in [-0.2, -0.15) is 17.5 Å². The minimum absolute atomic E-state index is 0.0278. The summed E-state index contributed by atoms with van der Waals surface area (Å²) < 4.78 is 66.3. The second-order valence-electron chi connectivity index (χ2n) is 7.78. The van der Waals surface area contributed by atoms with E-state index >= 15 is 0 Å². The molecule has 0 fully saturated rings. The number of nitrogens with zero attached hydrogens (tertiary/aromatic N) is 1. The number of hydrogen-bond acceptors (Lipinski definition) is 5. The second kappa shape index (κ2) is 9.49. The molecule has 0 saturated heterocycles. The SMILES string of the molecule is O=C(CN1C(C(=O)c2ccccc2Cl)C(=O)c2ccccc2S1(=O)=O)Nc1cccc(C(F)(F)F)c1. The number of carbonyl (C=O) groups is 3. The summed E-state index contributed by atoms with van der Waals surface area (Å²) in [6.07, 6.45) is -4.67. The van der Waals surface area contributed by atoms with Crippen molar-refractivity contribution in [2.75, 3.05) is 11.9 Å². The molecule has 0 aromatic heterocycles. The van der Waals surface area contributed by atoms with Gasteiger partial charge in [-0.25, -0.2) is 8.42 Å². The standard InChI is InChI=1S/C24H16ClF3N2O5S/c25-18-10-3-1-8-16(18)22(32)21-23(33)17-9-2-4-11-19(17)36(34,35)30(21)13-20(31)29-15-7-5-6-14(12-15)24(26,27)28/h1-12,21H,13H2,(H,29,31). The van der Waals surface area contributed by atoms with Crippen LogP contribution in [0.25, 0.3) is 0 Å². The molecule has 12 heteroatoms. The third kappa shape index (κ3) is 4.77. The molecule has 1 unspecified atom stereocenters. The van der Waals surface area contributed by atoms with Crippen molar-refractivity contribution in [2.24, 2.45) is 0 Å². The van der Waals surface area contributed by atoms with Gasteiger partial charge in [0.25, 0.3) is 0 Å². The van der Waals surface area contributed by atoms with E-state index in [1.807, 2.05) is 0 Å². The lowest BCUT2D eigenvalue weighted by molar-refractivity contribution is -0.137. The van der Waals surface area contributed by atoms with E-state index in [1.165, 1.54) is 48.5 Å². The molecule has 186 valence electrons. The molecule has 3 aromatic carbocycles. The van der Waals surface area contributed by atoms with Crippen LogP contribution in [0, 0.1) is 0 Å². The van der Waals surface area contributed by atoms with Crippen LogP contribution in [0.4, 0.5) is 18.9 Å². The lowest BCUT2D eigenvalue weighted by atomic mass is 9.95. The number of anilines is 1. The third-order valence-electron chi connectivity index (χ3n) is 5.44. The van der Waals surface area contributed by atoms with Crippen LogP contribution < -0.4 is 5.32 Å². The molecule has 1 aliphatic rings. The molecule has 1 N–H and O–H groups in total. The van der Waals surface area contributed by atoms with Gasteiger partial charge in [0.2, 0.25) is 15.9 Å². The molecular formula is C24H16ClF3N2O5S. The molecule has 4 rings (SSSR count). The van der Waals surface area contributed by atoms with Gasteiger partial charge in [0.05, 0.1) is 22.0 Å². The minimum Gasteiger partial charge on any atom is -0.325 e. The molecule has 3 aromatic rings. The van der Waals surface area contributed by atoms with E-state index in [-0.39, 0.29) is 21.8 Å². The summed E-state index contributed by atoms with van der Waals surface area (Å²) in [4.78, 5) is 39.0. The summed E-state index contributed by atoms with van der Waals surface area (Å²) in [6.45, 7) is -1.01. The summed E-state index contributed by atoms with van der Waals surface area (Å²) in [5, 5.41) is 2.17. The van der Waals surface area contributed by atoms with Crippen LogP contribution in [-0.4, -0.2) is 42.8 Å². The maximum Gasteiger partial charge on any atom is 0.416 e. The highest BCUT2D eigenvalue weighted by Crippen LogP contribution is 2.33. The van der Waals surface area contributed by atoms with Crippen molar-refractivity contribution in [2.45, 2.75) is 17.1 Å². The van der Waals surface area contributed by atoms with Crippen LogP contribution in [0.2, 0.25) is 5.02 Å². The van der Waals surface area contributed by atoms with Gasteiger partial charge < -0.3 is 5.32 Å². The van der Waals surface area contributed by atoms with Crippen LogP contribution in [0.3, 0.4) is 0 Å². The highest BCUT2D eigenvalue weighted by molar-refractivity contribution is 7.89. The molecule has 0 bridgehead atoms. The summed E-state index contributed by atoms with van der Waals surface area (Å²) in [5.41, 5.74) is -1.63. The predicted octanol–water partition coefficient (Wildman–Crippen LogP) is 4.44. The topological polar surface area (TPSA) is 101 Å². The quantitative estimate of drug-likeness (QED) is 0.384. The van der Waals surface area contributed by atoms with Crippen LogP contribution in [-0.2, 0) is 21.0 Å². The molecule has 0 aliphatic carbocycles. The van der Waals surface area contributed by atoms with Crippen molar-refractivity contribution in [1.82, 2.24) is 4.31 Å². The zero-order chi connectivity index (χ0) is 26.3. The van der Waals surface area contributed by atoms with Gasteiger partial charge in [0, 0.05) is 16.8 Å². The molecule has 0 saturated carbocycles. The van der Waals surface area contributed by atoms with Crippen molar-refractivity contribution in [1.29, 1.82) is 0 Å². The first-order valence-electron chi connectivity index (χ1n) is 10.3. The summed E-state index contributed by atoms with van der Waals surface area (Å²) in [7, 11) is -4.54. The molecule has 0 spiro atoms. The zero-order valence-electron chi connectivity index (χ0n) is 18.1. The number of carbonyl (C=O) groups excluding carboxylic acids is 3. The second-order valence-corrected chi connectivity index (χ2v) is 10.1. The van der Waals surface area contributed by atoms with Gasteiger partial charge in [-0.1, -0.05) is 41.9 Å². The lowest BCUT2D eigenvalue weighted by Crippen LogP contribution is -2.55. The fraction of sp³-hybridized carbons (Fsp3) is 0.125. The molecule has 1 amide bonds. The van der Waals surface area contributed by atoms with Crippen LogP contribution in [0.15, 0.2) is 77.7 Å². The minimum atomic E-state index is -4.67. The van der Waals surface area contributed by atoms with E-state index in [2.05, 4.69) is 5.32 Å². The Labute approximate surface area is 208 Å². The van der Waals surface area contributed by atoms with E-state index in [0.717, 1.165) is 18.2 Å². The van der Waals surface area contributed by atoms with Gasteiger partial charge in [-0.3, -0.25) is 14.4 Å². The molecule has 1 aliphatic heterocycles. The Hall–Kier alpha value is -3.54. The smallest absolute Gasteiger partial charge is 0.325 e. The number of alkyl halides is 3. The fourth-order valence-electron chi connectivity index (χ4n) is 3.79. The average Bonchev–Trinajstić information content (AvgIpc) is 2.82. The van der Waals surface area contributed by atoms with Gasteiger partial charge >= 0.3 is 6.18 Å². The number of rotatable bonds is 5. The Kier molecular flexibility index (Phi) is 6.74. The molecular weight excluding hydrogens is 521 g/mol. The first-order valence-corrected chi connectivity index (χ1v) is 12.1. The number of nitrogens with one attached hydrogen (secondary N) is 1. The predicted molar refractivity (Wildman–Crippen MR) is 124 cm³/mol. The maximum absolute atomic E-state index is 13.4. The van der Waals surface area contributed by atoms with Gasteiger partial charge in [0.1, 0.15) is 0 Å². The third-order valence-corrected chi connectivity index (χ3v) is 7.64. The Morgan fingerprint density at radius 3 is 2.33 bits per heavy atom. The Bertz CT molecular complexity index is 1490. The lowest BCUT2D eigenvalue weighted by Gasteiger charge is -2.33. The largest absolute Gasteiger partial charge is 0.416 e. The fourth-order valence-corrected chi connectivity index (χ4v) is 5.72. The molecule has 36 heavy (non-hydrogen) atoms. The van der Waals surface area contributed by atoms with Crippen molar-refractivity contribution >= 4 is 44.8 Å². The summed E-state index contributed by atoms with van der Waals surface area (Å²) in [6, 6.07) is 12.7. The summed E-state index contributed by atoms with van der Waals surface area (Å²) in [5.74, 6) is -2.87. The monoisotopic (exact) mass is 536 g/mol. The van der Waals surface area contributed by atoms with E-state index in [1.54, 1.807) is 0 Å². The number of ketones is 2. The first kappa shape index (κ1) is 25.5. The van der Waals surface area contributed by atoms with Gasteiger partial charge in [-0.05, 0) is 42.5 Å². The van der Waals surface area contributed by atoms with E-state index in [0.29, 0.717) is 10.4 Å². The van der Waals surface area contributed by atoms with Crippen molar-refractivity contribution in [3.63, 3.8) is 0 Å². The number of sulfonamides is 1. The number of hydrogen-bond donors (Lipinski definition) is 1. The maximum atomic E-state index is 13.4. The average molecular weight is 537 g/mol. The normalized spacial score (nSPS) is 17.3. The summed E-state index contributed by atoms with van der Waals surface area (Å²) >= 11 is 6.10. The molecule has 0 radical (unpaired) electrons. The van der Waals surface area contributed by atoms with E-state index in [9.17, 15) is 36.0 Å². The number of amides is 1. The molecule has 1 atom stereocenters. The number of benzene rings is 3. The van der Waals surface area contributed by atoms with Gasteiger partial charge in [-0.15, -0.1) is 0 Å². The van der Waals surface area contributed by atoms with Crippen molar-refractivity contribution in [3.8, 4) is 0 Å². The number of Topliss-reactive ketones (excluding diaryl/α,β-unsaturated/α-hetero) is 2. The molecule has 1 heterocycles. The highest BCUT2D eigenvalue weighted by atomic mass is 35.5. The van der Waals surface area contributed by atoms with Gasteiger partial charge in [0.15, 0.2) is 17.6 Å². The Morgan fingerprint density at radius 1 is 0.972 bits per heavy atom. The van der Waals surface area contributed by atoms with Crippen LogP contribution in [0.5, 0.6) is 0 Å². The van der Waals surface area contributed by atoms with E-state index < -0.39 is 56.7 Å².